The number of thiazole rings is 1. The van der Waals surface area contributed by atoms with Crippen molar-refractivity contribution in [2.24, 2.45) is 5.73 Å². The molecule has 1 atom stereocenters. The lowest BCUT2D eigenvalue weighted by molar-refractivity contribution is -0.127. The number of nitrogens with zero attached hydrogens (tertiary/aromatic N) is 1. The van der Waals surface area contributed by atoms with Crippen LogP contribution in [0.1, 0.15) is 22.3 Å². The van der Waals surface area contributed by atoms with Crippen molar-refractivity contribution in [1.29, 1.82) is 0 Å². The van der Waals surface area contributed by atoms with Gasteiger partial charge in [-0.05, 0) is 32.0 Å². The Morgan fingerprint density at radius 1 is 1.19 bits per heavy atom. The summed E-state index contributed by atoms with van der Waals surface area (Å²) in [5.41, 5.74) is 6.06. The second kappa shape index (κ2) is 8.49. The number of hydrogen-bond donors (Lipinski definition) is 2. The van der Waals surface area contributed by atoms with E-state index in [0.29, 0.717) is 22.2 Å². The zero-order chi connectivity index (χ0) is 20.1. The van der Waals surface area contributed by atoms with Crippen molar-refractivity contribution >= 4 is 29.2 Å². The van der Waals surface area contributed by atoms with E-state index in [0.717, 1.165) is 16.9 Å². The fraction of sp³-hybridized carbons (Fsp3) is 0.294. The molecule has 3 amide bonds. The van der Waals surface area contributed by atoms with Crippen molar-refractivity contribution in [3.8, 4) is 22.1 Å². The highest BCUT2D eigenvalue weighted by Crippen LogP contribution is 2.35. The van der Waals surface area contributed by atoms with E-state index in [2.05, 4.69) is 4.98 Å². The first-order valence-electron chi connectivity index (χ1n) is 7.78. The summed E-state index contributed by atoms with van der Waals surface area (Å²) in [7, 11) is 3.06. The Hall–Kier alpha value is -3.14. The normalized spacial score (nSPS) is 11.4. The summed E-state index contributed by atoms with van der Waals surface area (Å²) in [6.45, 7) is 2.99. The maximum Gasteiger partial charge on any atom is 0.351 e. The number of carbonyl (C=O) groups is 3. The van der Waals surface area contributed by atoms with Crippen LogP contribution in [0.2, 0.25) is 0 Å². The number of aromatic nitrogens is 1. The molecule has 1 aromatic heterocycles. The number of methoxy groups -OCH3 is 2. The van der Waals surface area contributed by atoms with Crippen molar-refractivity contribution in [2.45, 2.75) is 20.0 Å². The van der Waals surface area contributed by atoms with Gasteiger partial charge in [0, 0.05) is 5.56 Å². The minimum absolute atomic E-state index is 0.249. The molecule has 0 saturated heterocycles. The Balaban J connectivity index is 2.22. The van der Waals surface area contributed by atoms with E-state index in [1.165, 1.54) is 21.1 Å². The van der Waals surface area contributed by atoms with Crippen LogP contribution in [0.4, 0.5) is 4.79 Å². The molecule has 0 aliphatic heterocycles. The molecule has 2 rings (SSSR count). The van der Waals surface area contributed by atoms with E-state index in [9.17, 15) is 14.4 Å². The molecule has 0 fully saturated rings. The Kier molecular flexibility index (Phi) is 6.35. The second-order valence-electron chi connectivity index (χ2n) is 5.40. The van der Waals surface area contributed by atoms with Crippen LogP contribution in [0, 0.1) is 6.92 Å². The maximum atomic E-state index is 12.3. The summed E-state index contributed by atoms with van der Waals surface area (Å²) in [5, 5.41) is 2.43. The molecule has 144 valence electrons. The molecular formula is C17H19N3O6S. The van der Waals surface area contributed by atoms with Crippen LogP contribution in [0.25, 0.3) is 10.6 Å². The van der Waals surface area contributed by atoms with Gasteiger partial charge in [-0.3, -0.25) is 10.1 Å². The lowest BCUT2D eigenvalue weighted by atomic mass is 10.2. The standard InChI is InChI=1S/C17H19N3O6S/c1-8-13(16(22)26-9(2)14(21)20-17(18)23)27-15(19-8)10-5-6-11(24-3)12(7-10)25-4/h5-7,9H,1-4H3,(H3,18,20,21,23). The second-order valence-corrected chi connectivity index (χ2v) is 6.40. The number of aryl methyl sites for hydroxylation is 1. The van der Waals surface area contributed by atoms with Gasteiger partial charge in [-0.1, -0.05) is 0 Å². The van der Waals surface area contributed by atoms with Crippen LogP contribution in [-0.4, -0.2) is 43.2 Å². The van der Waals surface area contributed by atoms with Gasteiger partial charge in [0.2, 0.25) is 0 Å². The van der Waals surface area contributed by atoms with Gasteiger partial charge in [-0.25, -0.2) is 14.6 Å². The Bertz CT molecular complexity index is 880. The van der Waals surface area contributed by atoms with E-state index in [1.54, 1.807) is 25.1 Å². The van der Waals surface area contributed by atoms with Crippen molar-refractivity contribution < 1.29 is 28.6 Å². The lowest BCUT2D eigenvalue weighted by Crippen LogP contribution is -2.42. The van der Waals surface area contributed by atoms with Gasteiger partial charge in [0.05, 0.1) is 19.9 Å². The topological polar surface area (TPSA) is 130 Å². The molecule has 1 heterocycles. The highest BCUT2D eigenvalue weighted by Gasteiger charge is 2.24. The first-order valence-corrected chi connectivity index (χ1v) is 8.59. The number of benzene rings is 1. The molecule has 2 aromatic rings. The van der Waals surface area contributed by atoms with Crippen LogP contribution in [0.15, 0.2) is 18.2 Å². The monoisotopic (exact) mass is 393 g/mol. The van der Waals surface area contributed by atoms with Crippen LogP contribution in [0.5, 0.6) is 11.5 Å². The highest BCUT2D eigenvalue weighted by atomic mass is 32.1. The van der Waals surface area contributed by atoms with Gasteiger partial charge in [-0.15, -0.1) is 11.3 Å². The number of amides is 3. The van der Waals surface area contributed by atoms with Gasteiger partial charge in [0.25, 0.3) is 5.91 Å². The Labute approximate surface area is 159 Å². The average Bonchev–Trinajstić information content (AvgIpc) is 3.02. The number of ether oxygens (including phenoxy) is 3. The summed E-state index contributed by atoms with van der Waals surface area (Å²) in [6, 6.07) is 4.25. The molecule has 1 unspecified atom stereocenters. The quantitative estimate of drug-likeness (QED) is 0.717. The van der Waals surface area contributed by atoms with Crippen molar-refractivity contribution in [1.82, 2.24) is 10.3 Å². The molecule has 10 heteroatoms. The summed E-state index contributed by atoms with van der Waals surface area (Å²) in [6.07, 6.45) is -1.18. The molecular weight excluding hydrogens is 374 g/mol. The SMILES string of the molecule is COc1ccc(-c2nc(C)c(C(=O)OC(C)C(=O)NC(N)=O)s2)cc1OC. The third-order valence-corrected chi connectivity index (χ3v) is 4.70. The molecule has 1 aromatic carbocycles. The summed E-state index contributed by atoms with van der Waals surface area (Å²) >= 11 is 1.12. The van der Waals surface area contributed by atoms with Crippen LogP contribution in [-0.2, 0) is 9.53 Å². The van der Waals surface area contributed by atoms with Gasteiger partial charge < -0.3 is 19.9 Å². The highest BCUT2D eigenvalue weighted by molar-refractivity contribution is 7.17. The molecule has 9 nitrogen and oxygen atoms in total. The number of carbonyl (C=O) groups excluding carboxylic acids is 3. The zero-order valence-corrected chi connectivity index (χ0v) is 16.0. The van der Waals surface area contributed by atoms with Gasteiger partial charge >= 0.3 is 12.0 Å². The molecule has 0 radical (unpaired) electrons. The Morgan fingerprint density at radius 3 is 2.44 bits per heavy atom. The van der Waals surface area contributed by atoms with E-state index < -0.39 is 24.0 Å². The summed E-state index contributed by atoms with van der Waals surface area (Å²) in [5.74, 6) is -0.422. The molecule has 0 bridgehead atoms. The third kappa shape index (κ3) is 4.73. The number of urea groups is 1. The smallest absolute Gasteiger partial charge is 0.351 e. The number of hydrogen-bond acceptors (Lipinski definition) is 8. The number of rotatable bonds is 6. The van der Waals surface area contributed by atoms with Crippen LogP contribution >= 0.6 is 11.3 Å². The molecule has 3 N–H and O–H groups in total. The van der Waals surface area contributed by atoms with Crippen molar-refractivity contribution in [3.63, 3.8) is 0 Å². The molecule has 27 heavy (non-hydrogen) atoms. The molecule has 0 spiro atoms. The maximum absolute atomic E-state index is 12.3. The molecule has 0 aliphatic carbocycles. The molecule has 0 aliphatic rings. The number of primary amides is 1. The lowest BCUT2D eigenvalue weighted by Gasteiger charge is -2.11. The number of nitrogens with one attached hydrogen (secondary N) is 1. The molecule has 0 saturated carbocycles. The predicted octanol–water partition coefficient (Wildman–Crippen LogP) is 1.88. The largest absolute Gasteiger partial charge is 0.493 e. The van der Waals surface area contributed by atoms with E-state index in [4.69, 9.17) is 19.9 Å². The summed E-state index contributed by atoms with van der Waals surface area (Å²) in [4.78, 5) is 39.3. The fourth-order valence-corrected chi connectivity index (χ4v) is 3.11. The van der Waals surface area contributed by atoms with E-state index in [-0.39, 0.29) is 4.88 Å². The number of nitrogens with two attached hydrogens (primary N) is 1. The van der Waals surface area contributed by atoms with Gasteiger partial charge in [-0.2, -0.15) is 0 Å². The first kappa shape index (κ1) is 20.2. The van der Waals surface area contributed by atoms with Crippen LogP contribution < -0.4 is 20.5 Å². The van der Waals surface area contributed by atoms with Crippen molar-refractivity contribution in [3.05, 3.63) is 28.8 Å². The Morgan fingerprint density at radius 2 is 1.85 bits per heavy atom. The minimum Gasteiger partial charge on any atom is -0.493 e. The van der Waals surface area contributed by atoms with E-state index >= 15 is 0 Å². The first-order chi connectivity index (χ1) is 12.8. The number of esters is 1. The van der Waals surface area contributed by atoms with E-state index in [1.807, 2.05) is 5.32 Å². The summed E-state index contributed by atoms with van der Waals surface area (Å²) < 4.78 is 15.6. The number of imide groups is 1. The zero-order valence-electron chi connectivity index (χ0n) is 15.2. The third-order valence-electron chi connectivity index (χ3n) is 3.51. The predicted molar refractivity (Wildman–Crippen MR) is 98.0 cm³/mol. The minimum atomic E-state index is -1.18. The van der Waals surface area contributed by atoms with Crippen molar-refractivity contribution in [2.75, 3.05) is 14.2 Å². The fourth-order valence-electron chi connectivity index (χ4n) is 2.17. The average molecular weight is 393 g/mol. The van der Waals surface area contributed by atoms with Crippen LogP contribution in [0.3, 0.4) is 0 Å². The van der Waals surface area contributed by atoms with Gasteiger partial charge in [0.15, 0.2) is 17.6 Å². The van der Waals surface area contributed by atoms with Gasteiger partial charge in [0.1, 0.15) is 9.88 Å².